The first-order valence-corrected chi connectivity index (χ1v) is 7.41. The molecule has 1 aromatic rings. The molecule has 0 N–H and O–H groups in total. The third-order valence-electron chi connectivity index (χ3n) is 3.56. The summed E-state index contributed by atoms with van der Waals surface area (Å²) >= 11 is 0. The highest BCUT2D eigenvalue weighted by Crippen LogP contribution is 2.21. The molecule has 0 bridgehead atoms. The van der Waals surface area contributed by atoms with Crippen molar-refractivity contribution in [2.45, 2.75) is 38.8 Å². The smallest absolute Gasteiger partial charge is 0.410 e. The predicted molar refractivity (Wildman–Crippen MR) is 81.7 cm³/mol. The van der Waals surface area contributed by atoms with Crippen molar-refractivity contribution in [1.29, 1.82) is 0 Å². The Kier molecular flexibility index (Phi) is 4.72. The Balaban J connectivity index is 1.97. The standard InChI is InChI=1S/C15H21N4O4/c1-15(2,3)23-14(22)18(4)10-5-6-19(9-10)12-8-16-11(7-17-12)13(20)21/h7-8,10H,5-6,9H2,1-4H3/t10-/m1/s1. The molecule has 1 radical (unpaired) electrons. The van der Waals surface area contributed by atoms with Crippen LogP contribution < -0.4 is 4.90 Å². The molecule has 8 nitrogen and oxygen atoms in total. The maximum atomic E-state index is 12.1. The number of hydrogen-bond donors (Lipinski definition) is 0. The van der Waals surface area contributed by atoms with E-state index in [4.69, 9.17) is 4.74 Å². The van der Waals surface area contributed by atoms with Crippen molar-refractivity contribution < 1.29 is 19.4 Å². The summed E-state index contributed by atoms with van der Waals surface area (Å²) in [5.74, 6) is -0.775. The highest BCUT2D eigenvalue weighted by molar-refractivity contribution is 5.84. The lowest BCUT2D eigenvalue weighted by Gasteiger charge is -2.28. The van der Waals surface area contributed by atoms with E-state index < -0.39 is 11.6 Å². The van der Waals surface area contributed by atoms with Gasteiger partial charge in [0.25, 0.3) is 0 Å². The maximum Gasteiger partial charge on any atom is 0.410 e. The van der Waals surface area contributed by atoms with Crippen LogP contribution in [0.2, 0.25) is 0 Å². The van der Waals surface area contributed by atoms with Gasteiger partial charge in [-0.25, -0.2) is 24.7 Å². The van der Waals surface area contributed by atoms with Crippen molar-refractivity contribution in [3.8, 4) is 0 Å². The van der Waals surface area contributed by atoms with Crippen LogP contribution in [0.15, 0.2) is 12.4 Å². The van der Waals surface area contributed by atoms with Gasteiger partial charge in [-0.15, -0.1) is 0 Å². The molecule has 1 aromatic heterocycles. The van der Waals surface area contributed by atoms with Gasteiger partial charge in [0.15, 0.2) is 5.69 Å². The van der Waals surface area contributed by atoms with E-state index in [1.165, 1.54) is 12.4 Å². The summed E-state index contributed by atoms with van der Waals surface area (Å²) < 4.78 is 5.36. The van der Waals surface area contributed by atoms with Crippen LogP contribution in [-0.4, -0.2) is 58.7 Å². The number of nitrogens with zero attached hydrogens (tertiary/aromatic N) is 4. The zero-order valence-electron chi connectivity index (χ0n) is 13.8. The third-order valence-corrected chi connectivity index (χ3v) is 3.56. The molecule has 1 amide bonds. The van der Waals surface area contributed by atoms with E-state index in [1.54, 1.807) is 11.9 Å². The molecule has 2 heterocycles. The van der Waals surface area contributed by atoms with Crippen molar-refractivity contribution in [1.82, 2.24) is 14.9 Å². The molecule has 125 valence electrons. The van der Waals surface area contributed by atoms with Crippen LogP contribution in [0.5, 0.6) is 0 Å². The summed E-state index contributed by atoms with van der Waals surface area (Å²) in [6.07, 6.45) is 3.00. The average Bonchev–Trinajstić information content (AvgIpc) is 2.94. The molecular weight excluding hydrogens is 300 g/mol. The molecule has 0 aromatic carbocycles. The molecule has 1 aliphatic heterocycles. The fourth-order valence-corrected chi connectivity index (χ4v) is 2.34. The van der Waals surface area contributed by atoms with Gasteiger partial charge in [0, 0.05) is 20.1 Å². The summed E-state index contributed by atoms with van der Waals surface area (Å²) in [7, 11) is 1.72. The number of rotatable bonds is 3. The molecule has 0 aliphatic carbocycles. The first-order chi connectivity index (χ1) is 10.7. The molecule has 1 saturated heterocycles. The minimum absolute atomic E-state index is 0.00691. The highest BCUT2D eigenvalue weighted by atomic mass is 16.6. The quantitative estimate of drug-likeness (QED) is 0.837. The minimum atomic E-state index is -1.35. The second-order valence-corrected chi connectivity index (χ2v) is 6.53. The average molecular weight is 321 g/mol. The molecule has 8 heteroatoms. The Bertz CT molecular complexity index is 582. The number of hydrogen-bond acceptors (Lipinski definition) is 6. The summed E-state index contributed by atoms with van der Waals surface area (Å²) in [5.41, 5.74) is -0.731. The molecule has 0 unspecified atom stereocenters. The van der Waals surface area contributed by atoms with Gasteiger partial charge in [-0.1, -0.05) is 0 Å². The van der Waals surface area contributed by atoms with Crippen LogP contribution in [0.4, 0.5) is 10.6 Å². The van der Waals surface area contributed by atoms with Crippen LogP contribution >= 0.6 is 0 Å². The van der Waals surface area contributed by atoms with Gasteiger partial charge < -0.3 is 14.5 Å². The van der Waals surface area contributed by atoms with Gasteiger partial charge in [-0.05, 0) is 27.2 Å². The Hall–Kier alpha value is -2.38. The lowest BCUT2D eigenvalue weighted by atomic mass is 10.2. The lowest BCUT2D eigenvalue weighted by molar-refractivity contribution is 0.0237. The molecule has 1 atom stereocenters. The van der Waals surface area contributed by atoms with Gasteiger partial charge in [0.1, 0.15) is 11.4 Å². The molecule has 0 saturated carbocycles. The van der Waals surface area contributed by atoms with Crippen LogP contribution in [-0.2, 0) is 9.84 Å². The van der Waals surface area contributed by atoms with Gasteiger partial charge in [0.2, 0.25) is 0 Å². The first-order valence-electron chi connectivity index (χ1n) is 7.41. The molecule has 23 heavy (non-hydrogen) atoms. The normalized spacial score (nSPS) is 17.9. The fraction of sp³-hybridized carbons (Fsp3) is 0.600. The number of anilines is 1. The number of likely N-dealkylation sites (N-methyl/N-ethyl adjacent to an activating group) is 1. The van der Waals surface area contributed by atoms with E-state index in [1.807, 2.05) is 25.7 Å². The number of aromatic nitrogens is 2. The van der Waals surface area contributed by atoms with Crippen LogP contribution in [0.25, 0.3) is 0 Å². The predicted octanol–water partition coefficient (Wildman–Crippen LogP) is 1.49. The molecule has 2 rings (SSSR count). The summed E-state index contributed by atoms with van der Waals surface area (Å²) in [5, 5.41) is 10.7. The van der Waals surface area contributed by atoms with Crippen molar-refractivity contribution in [2.75, 3.05) is 25.0 Å². The zero-order valence-corrected chi connectivity index (χ0v) is 13.8. The van der Waals surface area contributed by atoms with E-state index >= 15 is 0 Å². The van der Waals surface area contributed by atoms with Crippen LogP contribution in [0, 0.1) is 0 Å². The van der Waals surface area contributed by atoms with Gasteiger partial charge >= 0.3 is 12.1 Å². The Morgan fingerprint density at radius 2 is 2.00 bits per heavy atom. The number of carbonyl (C=O) groups is 2. The van der Waals surface area contributed by atoms with Crippen molar-refractivity contribution in [3.05, 3.63) is 18.1 Å². The van der Waals surface area contributed by atoms with Crippen molar-refractivity contribution in [3.63, 3.8) is 0 Å². The molecule has 1 aliphatic rings. The molecule has 1 fully saturated rings. The zero-order chi connectivity index (χ0) is 17.2. The van der Waals surface area contributed by atoms with Crippen molar-refractivity contribution >= 4 is 17.9 Å². The molecule has 0 spiro atoms. The monoisotopic (exact) mass is 321 g/mol. The third kappa shape index (κ3) is 4.30. The summed E-state index contributed by atoms with van der Waals surface area (Å²) in [6.45, 7) is 6.78. The first kappa shape index (κ1) is 17.0. The van der Waals surface area contributed by atoms with Crippen LogP contribution in [0.1, 0.15) is 37.7 Å². The van der Waals surface area contributed by atoms with E-state index in [2.05, 4.69) is 9.97 Å². The van der Waals surface area contributed by atoms with E-state index in [0.29, 0.717) is 18.9 Å². The Morgan fingerprint density at radius 3 is 2.52 bits per heavy atom. The summed E-state index contributed by atoms with van der Waals surface area (Å²) in [6, 6.07) is 0.00691. The Labute approximate surface area is 135 Å². The largest absolute Gasteiger partial charge is 0.444 e. The van der Waals surface area contributed by atoms with E-state index in [9.17, 15) is 14.7 Å². The SMILES string of the molecule is CN(C(=O)OC(C)(C)C)[C@@H]1CCN(c2cnc(C([O])=O)cn2)C1. The summed E-state index contributed by atoms with van der Waals surface area (Å²) in [4.78, 5) is 34.2. The lowest BCUT2D eigenvalue weighted by Crippen LogP contribution is -2.42. The number of ether oxygens (including phenoxy) is 1. The highest BCUT2D eigenvalue weighted by Gasteiger charge is 2.31. The maximum absolute atomic E-state index is 12.1. The van der Waals surface area contributed by atoms with Gasteiger partial charge in [-0.2, -0.15) is 0 Å². The van der Waals surface area contributed by atoms with Crippen molar-refractivity contribution in [2.24, 2.45) is 0 Å². The van der Waals surface area contributed by atoms with Gasteiger partial charge in [0.05, 0.1) is 18.4 Å². The van der Waals surface area contributed by atoms with E-state index in [-0.39, 0.29) is 17.8 Å². The second-order valence-electron chi connectivity index (χ2n) is 6.53. The van der Waals surface area contributed by atoms with E-state index in [0.717, 1.165) is 6.42 Å². The topological polar surface area (TPSA) is 95.5 Å². The fourth-order valence-electron chi connectivity index (χ4n) is 2.34. The number of amides is 1. The second kappa shape index (κ2) is 6.39. The number of carbonyl (C=O) groups excluding carboxylic acids is 2. The Morgan fingerprint density at radius 1 is 1.30 bits per heavy atom. The molecular formula is C15H21N4O4. The minimum Gasteiger partial charge on any atom is -0.444 e. The van der Waals surface area contributed by atoms with Crippen LogP contribution in [0.3, 0.4) is 0 Å². The van der Waals surface area contributed by atoms with Gasteiger partial charge in [-0.3, -0.25) is 0 Å².